The van der Waals surface area contributed by atoms with E-state index in [1.165, 1.54) is 10.4 Å². The zero-order valence-corrected chi connectivity index (χ0v) is 15.2. The summed E-state index contributed by atoms with van der Waals surface area (Å²) < 4.78 is 10.8. The molecule has 3 heterocycles. The summed E-state index contributed by atoms with van der Waals surface area (Å²) in [5.41, 5.74) is 2.82. The number of amides is 1. The highest BCUT2D eigenvalue weighted by Crippen LogP contribution is 2.44. The van der Waals surface area contributed by atoms with Gasteiger partial charge in [-0.15, -0.1) is 11.3 Å². The van der Waals surface area contributed by atoms with Crippen molar-refractivity contribution in [1.82, 2.24) is 5.32 Å². The molecule has 2 N–H and O–H groups in total. The molecule has 25 heavy (non-hydrogen) atoms. The fourth-order valence-electron chi connectivity index (χ4n) is 3.77. The first-order chi connectivity index (χ1) is 12.1. The molecule has 1 aromatic heterocycles. The van der Waals surface area contributed by atoms with E-state index in [0.717, 1.165) is 35.4 Å². The first-order valence-corrected chi connectivity index (χ1v) is 9.60. The maximum Gasteiger partial charge on any atom is 0.256 e. The van der Waals surface area contributed by atoms with E-state index in [1.54, 1.807) is 17.4 Å². The Morgan fingerprint density at radius 2 is 2.04 bits per heavy atom. The Morgan fingerprint density at radius 3 is 2.88 bits per heavy atom. The minimum atomic E-state index is -0.375. The van der Waals surface area contributed by atoms with E-state index in [2.05, 4.69) is 17.6 Å². The van der Waals surface area contributed by atoms with E-state index in [0.29, 0.717) is 22.4 Å². The molecular weight excluding hydrogens is 360 g/mol. The molecule has 2 aliphatic heterocycles. The third-order valence-corrected chi connectivity index (χ3v) is 6.61. The second-order valence-electron chi connectivity index (χ2n) is 6.83. The van der Waals surface area contributed by atoms with E-state index in [9.17, 15) is 4.79 Å². The molecule has 2 atom stereocenters. The van der Waals surface area contributed by atoms with E-state index in [-0.39, 0.29) is 18.9 Å². The van der Waals surface area contributed by atoms with Crippen LogP contribution in [0, 0.1) is 5.92 Å². The summed E-state index contributed by atoms with van der Waals surface area (Å²) in [6.07, 6.45) is 2.80. The quantitative estimate of drug-likeness (QED) is 0.786. The van der Waals surface area contributed by atoms with Crippen LogP contribution >= 0.6 is 22.9 Å². The molecule has 0 spiro atoms. The molecule has 0 unspecified atom stereocenters. The van der Waals surface area contributed by atoms with Crippen LogP contribution in [-0.4, -0.2) is 12.7 Å². The number of halogens is 1. The van der Waals surface area contributed by atoms with Crippen molar-refractivity contribution >= 4 is 33.8 Å². The summed E-state index contributed by atoms with van der Waals surface area (Å²) in [6, 6.07) is 3.58. The molecule has 5 rings (SSSR count). The van der Waals surface area contributed by atoms with Crippen molar-refractivity contribution in [2.75, 3.05) is 12.1 Å². The van der Waals surface area contributed by atoms with Crippen LogP contribution in [0.15, 0.2) is 12.1 Å². The molecule has 7 heteroatoms. The van der Waals surface area contributed by atoms with E-state index >= 15 is 0 Å². The van der Waals surface area contributed by atoms with Crippen molar-refractivity contribution in [2.24, 2.45) is 5.92 Å². The summed E-state index contributed by atoms with van der Waals surface area (Å²) >= 11 is 8.12. The number of hydrogen-bond acceptors (Lipinski definition) is 5. The number of thiophene rings is 1. The standard InChI is InChI=1S/C18H17ClN2O3S/c1-8-2-3-9-14(4-8)25-18-15(9)17(22)20-16(21-18)10-5-12-13(6-11(10)19)24-7-23-12/h5-6,8,16,21H,2-4,7H2,1H3,(H,20,22)/t8-,16+/m0/s1. The van der Waals surface area contributed by atoms with E-state index in [4.69, 9.17) is 21.1 Å². The van der Waals surface area contributed by atoms with Crippen LogP contribution in [0.2, 0.25) is 5.02 Å². The lowest BCUT2D eigenvalue weighted by molar-refractivity contribution is 0.0935. The number of fused-ring (bicyclic) bond motifs is 4. The van der Waals surface area contributed by atoms with Crippen LogP contribution in [0.4, 0.5) is 5.00 Å². The van der Waals surface area contributed by atoms with Gasteiger partial charge in [-0.2, -0.15) is 0 Å². The topological polar surface area (TPSA) is 59.6 Å². The van der Waals surface area contributed by atoms with Gasteiger partial charge in [-0.1, -0.05) is 18.5 Å². The second-order valence-corrected chi connectivity index (χ2v) is 8.35. The fraction of sp³-hybridized carbons (Fsp3) is 0.389. The van der Waals surface area contributed by atoms with Gasteiger partial charge in [-0.3, -0.25) is 4.79 Å². The minimum Gasteiger partial charge on any atom is -0.454 e. The number of benzene rings is 1. The maximum absolute atomic E-state index is 12.8. The molecule has 2 aromatic rings. The van der Waals surface area contributed by atoms with Gasteiger partial charge in [0.1, 0.15) is 11.2 Å². The number of hydrogen-bond donors (Lipinski definition) is 2. The predicted octanol–water partition coefficient (Wildman–Crippen LogP) is 4.11. The summed E-state index contributed by atoms with van der Waals surface area (Å²) in [7, 11) is 0. The Bertz CT molecular complexity index is 895. The second kappa shape index (κ2) is 5.54. The normalized spacial score (nSPS) is 23.5. The molecule has 5 nitrogen and oxygen atoms in total. The Morgan fingerprint density at radius 1 is 1.24 bits per heavy atom. The third-order valence-electron chi connectivity index (χ3n) is 5.09. The van der Waals surface area contributed by atoms with Crippen LogP contribution < -0.4 is 20.1 Å². The van der Waals surface area contributed by atoms with Gasteiger partial charge in [0, 0.05) is 16.5 Å². The monoisotopic (exact) mass is 376 g/mol. The smallest absolute Gasteiger partial charge is 0.256 e. The third kappa shape index (κ3) is 2.39. The molecular formula is C18H17ClN2O3S. The lowest BCUT2D eigenvalue weighted by Gasteiger charge is -2.27. The number of carbonyl (C=O) groups excluding carboxylic acids is 1. The van der Waals surface area contributed by atoms with Gasteiger partial charge >= 0.3 is 0 Å². The molecule has 1 aromatic carbocycles. The van der Waals surface area contributed by atoms with Crippen molar-refractivity contribution in [1.29, 1.82) is 0 Å². The molecule has 3 aliphatic rings. The van der Waals surface area contributed by atoms with Gasteiger partial charge in [-0.25, -0.2) is 0 Å². The average Bonchev–Trinajstić information content (AvgIpc) is 3.16. The number of nitrogens with one attached hydrogen (secondary N) is 2. The highest BCUT2D eigenvalue weighted by Gasteiger charge is 2.34. The molecule has 1 aliphatic carbocycles. The van der Waals surface area contributed by atoms with Crippen molar-refractivity contribution in [3.05, 3.63) is 38.7 Å². The SMILES string of the molecule is C[C@H]1CCc2c(sc3c2C(=O)N[C@@H](c2cc4c(cc2Cl)OCO4)N3)C1. The van der Waals surface area contributed by atoms with E-state index in [1.807, 2.05) is 6.07 Å². The number of rotatable bonds is 1. The Kier molecular flexibility index (Phi) is 3.40. The lowest BCUT2D eigenvalue weighted by atomic mass is 9.88. The number of ether oxygens (including phenoxy) is 2. The van der Waals surface area contributed by atoms with Crippen LogP contribution in [0.1, 0.15) is 45.9 Å². The summed E-state index contributed by atoms with van der Waals surface area (Å²) in [5.74, 6) is 1.94. The van der Waals surface area contributed by atoms with Crippen molar-refractivity contribution in [2.45, 2.75) is 32.4 Å². The first kappa shape index (κ1) is 15.3. The van der Waals surface area contributed by atoms with Gasteiger partial charge in [0.25, 0.3) is 5.91 Å². The maximum atomic E-state index is 12.8. The molecule has 0 saturated heterocycles. The first-order valence-electron chi connectivity index (χ1n) is 8.41. The van der Waals surface area contributed by atoms with E-state index < -0.39 is 0 Å². The largest absolute Gasteiger partial charge is 0.454 e. The molecule has 0 radical (unpaired) electrons. The molecule has 0 fully saturated rings. The zero-order valence-electron chi connectivity index (χ0n) is 13.6. The highest BCUT2D eigenvalue weighted by atomic mass is 35.5. The van der Waals surface area contributed by atoms with Crippen molar-refractivity contribution < 1.29 is 14.3 Å². The Labute approximate surface area is 154 Å². The number of carbonyl (C=O) groups is 1. The predicted molar refractivity (Wildman–Crippen MR) is 96.9 cm³/mol. The van der Waals surface area contributed by atoms with Crippen molar-refractivity contribution in [3.8, 4) is 11.5 Å². The van der Waals surface area contributed by atoms with Crippen LogP contribution in [0.5, 0.6) is 11.5 Å². The average molecular weight is 377 g/mol. The van der Waals surface area contributed by atoms with Crippen LogP contribution in [-0.2, 0) is 12.8 Å². The number of anilines is 1. The molecule has 0 bridgehead atoms. The Balaban J connectivity index is 1.52. The fourth-order valence-corrected chi connectivity index (χ4v) is 5.47. The van der Waals surface area contributed by atoms with Crippen molar-refractivity contribution in [3.63, 3.8) is 0 Å². The summed E-state index contributed by atoms with van der Waals surface area (Å²) in [6.45, 7) is 2.46. The molecule has 130 valence electrons. The van der Waals surface area contributed by atoms with Crippen LogP contribution in [0.25, 0.3) is 0 Å². The van der Waals surface area contributed by atoms with Gasteiger partial charge in [0.05, 0.1) is 10.6 Å². The van der Waals surface area contributed by atoms with Gasteiger partial charge in [0.15, 0.2) is 11.5 Å². The molecule has 0 saturated carbocycles. The summed E-state index contributed by atoms with van der Waals surface area (Å²) in [5, 5.41) is 7.99. The highest BCUT2D eigenvalue weighted by molar-refractivity contribution is 7.16. The Hall–Kier alpha value is -1.92. The van der Waals surface area contributed by atoms with Gasteiger partial charge in [0.2, 0.25) is 6.79 Å². The molecule has 1 amide bonds. The summed E-state index contributed by atoms with van der Waals surface area (Å²) in [4.78, 5) is 14.1. The lowest BCUT2D eigenvalue weighted by Crippen LogP contribution is -2.38. The van der Waals surface area contributed by atoms with Gasteiger partial charge in [-0.05, 0) is 36.8 Å². The zero-order chi connectivity index (χ0) is 17.1. The minimum absolute atomic E-state index is 0.0282. The van der Waals surface area contributed by atoms with Crippen LogP contribution in [0.3, 0.4) is 0 Å². The van der Waals surface area contributed by atoms with Gasteiger partial charge < -0.3 is 20.1 Å².